The fourth-order valence-corrected chi connectivity index (χ4v) is 3.09. The number of furan rings is 1. The number of carboxylic acids is 1. The normalized spacial score (nSPS) is 17.3. The van der Waals surface area contributed by atoms with Gasteiger partial charge in [-0.2, -0.15) is 0 Å². The number of carboxylic acid groups (broad SMARTS) is 1. The molecule has 2 aromatic rings. The van der Waals surface area contributed by atoms with E-state index in [4.69, 9.17) is 4.42 Å². The van der Waals surface area contributed by atoms with E-state index in [2.05, 4.69) is 0 Å². The van der Waals surface area contributed by atoms with E-state index in [-0.39, 0.29) is 18.2 Å². The summed E-state index contributed by atoms with van der Waals surface area (Å²) in [4.78, 5) is 39.7. The number of carbonyl (C=O) groups excluding carboxylic acids is 2. The van der Waals surface area contributed by atoms with Crippen LogP contribution in [0.25, 0.3) is 0 Å². The van der Waals surface area contributed by atoms with Gasteiger partial charge in [-0.15, -0.1) is 0 Å². The average molecular weight is 356 g/mol. The first-order chi connectivity index (χ1) is 12.4. The molecule has 26 heavy (non-hydrogen) atoms. The van der Waals surface area contributed by atoms with Crippen molar-refractivity contribution in [3.63, 3.8) is 0 Å². The van der Waals surface area contributed by atoms with Gasteiger partial charge in [-0.1, -0.05) is 24.3 Å². The quantitative estimate of drug-likeness (QED) is 0.902. The Kier molecular flexibility index (Phi) is 4.79. The average Bonchev–Trinajstić information content (AvgIpc) is 3.19. The fourth-order valence-electron chi connectivity index (χ4n) is 3.09. The summed E-state index contributed by atoms with van der Waals surface area (Å²) >= 11 is 0. The Morgan fingerprint density at radius 1 is 1.19 bits per heavy atom. The summed E-state index contributed by atoms with van der Waals surface area (Å²) in [6, 6.07) is 9.00. The highest BCUT2D eigenvalue weighted by molar-refractivity contribution is 5.96. The molecule has 0 bridgehead atoms. The lowest BCUT2D eigenvalue weighted by Crippen LogP contribution is -2.55. The Labute approximate surface area is 150 Å². The lowest BCUT2D eigenvalue weighted by atomic mass is 9.92. The predicted molar refractivity (Wildman–Crippen MR) is 92.4 cm³/mol. The first-order valence-electron chi connectivity index (χ1n) is 8.31. The minimum absolute atomic E-state index is 0.149. The molecule has 136 valence electrons. The SMILES string of the molecule is CC(C(=O)O)N(C)C(=O)C1Cc2ccccc2CN1C(=O)c1ccco1. The molecule has 2 heterocycles. The molecule has 1 aromatic carbocycles. The van der Waals surface area contributed by atoms with E-state index < -0.39 is 24.0 Å². The third-order valence-corrected chi connectivity index (χ3v) is 4.81. The number of fused-ring (bicyclic) bond motifs is 1. The topological polar surface area (TPSA) is 91.1 Å². The van der Waals surface area contributed by atoms with Gasteiger partial charge < -0.3 is 19.3 Å². The van der Waals surface area contributed by atoms with E-state index in [0.29, 0.717) is 6.42 Å². The molecular formula is C19H20N2O5. The highest BCUT2D eigenvalue weighted by Gasteiger charge is 2.38. The maximum absolute atomic E-state index is 13.0. The summed E-state index contributed by atoms with van der Waals surface area (Å²) in [7, 11) is 1.44. The zero-order chi connectivity index (χ0) is 18.8. The lowest BCUT2D eigenvalue weighted by molar-refractivity contribution is -0.150. The smallest absolute Gasteiger partial charge is 0.326 e. The molecule has 0 fully saturated rings. The Bertz CT molecular complexity index is 830. The molecule has 1 aromatic heterocycles. The standard InChI is InChI=1S/C19H20N2O5/c1-12(19(24)25)20(2)17(22)15-10-13-6-3-4-7-14(13)11-21(15)18(23)16-8-5-9-26-16/h3-9,12,15H,10-11H2,1-2H3,(H,24,25). The first kappa shape index (κ1) is 17.7. The Balaban J connectivity index is 1.95. The number of benzene rings is 1. The molecule has 3 rings (SSSR count). The van der Waals surface area contributed by atoms with Crippen LogP contribution in [0.2, 0.25) is 0 Å². The van der Waals surface area contributed by atoms with E-state index in [1.165, 1.54) is 30.0 Å². The molecule has 7 heteroatoms. The van der Waals surface area contributed by atoms with E-state index in [9.17, 15) is 19.5 Å². The molecule has 0 radical (unpaired) electrons. The van der Waals surface area contributed by atoms with Crippen molar-refractivity contribution in [2.45, 2.75) is 32.0 Å². The highest BCUT2D eigenvalue weighted by atomic mass is 16.4. The van der Waals surface area contributed by atoms with Crippen molar-refractivity contribution < 1.29 is 23.9 Å². The highest BCUT2D eigenvalue weighted by Crippen LogP contribution is 2.26. The number of nitrogens with zero attached hydrogens (tertiary/aromatic N) is 2. The van der Waals surface area contributed by atoms with Crippen LogP contribution in [0.5, 0.6) is 0 Å². The van der Waals surface area contributed by atoms with Crippen LogP contribution < -0.4 is 0 Å². The number of aliphatic carboxylic acids is 1. The summed E-state index contributed by atoms with van der Waals surface area (Å²) in [5.41, 5.74) is 1.94. The molecule has 0 aliphatic carbocycles. The van der Waals surface area contributed by atoms with Crippen molar-refractivity contribution in [2.75, 3.05) is 7.05 Å². The number of rotatable bonds is 4. The Hall–Kier alpha value is -3.09. The molecule has 1 N–H and O–H groups in total. The zero-order valence-corrected chi connectivity index (χ0v) is 14.6. The van der Waals surface area contributed by atoms with Crippen LogP contribution in [0.1, 0.15) is 28.6 Å². The third-order valence-electron chi connectivity index (χ3n) is 4.81. The summed E-state index contributed by atoms with van der Waals surface area (Å²) in [5, 5.41) is 9.19. The second-order valence-electron chi connectivity index (χ2n) is 6.36. The molecule has 7 nitrogen and oxygen atoms in total. The van der Waals surface area contributed by atoms with Gasteiger partial charge >= 0.3 is 5.97 Å². The van der Waals surface area contributed by atoms with Crippen molar-refractivity contribution in [1.82, 2.24) is 9.80 Å². The van der Waals surface area contributed by atoms with Crippen molar-refractivity contribution in [2.24, 2.45) is 0 Å². The maximum atomic E-state index is 13.0. The van der Waals surface area contributed by atoms with Gasteiger partial charge in [0, 0.05) is 20.0 Å². The fraction of sp³-hybridized carbons (Fsp3) is 0.316. The van der Waals surface area contributed by atoms with Gasteiger partial charge in [0.25, 0.3) is 5.91 Å². The number of likely N-dealkylation sites (N-methyl/N-ethyl adjacent to an activating group) is 1. The molecule has 0 saturated carbocycles. The van der Waals surface area contributed by atoms with E-state index in [1.807, 2.05) is 24.3 Å². The van der Waals surface area contributed by atoms with Crippen molar-refractivity contribution in [1.29, 1.82) is 0 Å². The number of carbonyl (C=O) groups is 3. The summed E-state index contributed by atoms with van der Waals surface area (Å²) in [6.45, 7) is 1.71. The van der Waals surface area contributed by atoms with E-state index in [0.717, 1.165) is 11.1 Å². The molecule has 0 saturated heterocycles. The van der Waals surface area contributed by atoms with E-state index in [1.54, 1.807) is 12.1 Å². The van der Waals surface area contributed by atoms with Crippen LogP contribution >= 0.6 is 0 Å². The van der Waals surface area contributed by atoms with Gasteiger partial charge in [-0.3, -0.25) is 9.59 Å². The zero-order valence-electron chi connectivity index (χ0n) is 14.6. The van der Waals surface area contributed by atoms with Crippen molar-refractivity contribution >= 4 is 17.8 Å². The molecule has 2 unspecified atom stereocenters. The molecule has 1 aliphatic rings. The summed E-state index contributed by atoms with van der Waals surface area (Å²) in [6.07, 6.45) is 1.73. The van der Waals surface area contributed by atoms with Crippen LogP contribution in [0.4, 0.5) is 0 Å². The number of amides is 2. The largest absolute Gasteiger partial charge is 0.480 e. The number of hydrogen-bond acceptors (Lipinski definition) is 4. The summed E-state index contributed by atoms with van der Waals surface area (Å²) in [5.74, 6) is -1.74. The van der Waals surface area contributed by atoms with Crippen LogP contribution in [-0.4, -0.2) is 51.8 Å². The second-order valence-corrected chi connectivity index (χ2v) is 6.36. The third kappa shape index (κ3) is 3.20. The van der Waals surface area contributed by atoms with Gasteiger partial charge in [0.1, 0.15) is 12.1 Å². The van der Waals surface area contributed by atoms with Crippen LogP contribution in [0.3, 0.4) is 0 Å². The molecule has 0 spiro atoms. The van der Waals surface area contributed by atoms with Crippen LogP contribution in [-0.2, 0) is 22.6 Å². The van der Waals surface area contributed by atoms with Crippen molar-refractivity contribution in [3.8, 4) is 0 Å². The molecule has 2 atom stereocenters. The maximum Gasteiger partial charge on any atom is 0.326 e. The van der Waals surface area contributed by atoms with Gasteiger partial charge in [-0.05, 0) is 30.2 Å². The van der Waals surface area contributed by atoms with Gasteiger partial charge in [0.05, 0.1) is 6.26 Å². The second kappa shape index (κ2) is 7.03. The Morgan fingerprint density at radius 2 is 1.88 bits per heavy atom. The minimum Gasteiger partial charge on any atom is -0.480 e. The summed E-state index contributed by atoms with van der Waals surface area (Å²) < 4.78 is 5.20. The lowest BCUT2D eigenvalue weighted by Gasteiger charge is -2.38. The Morgan fingerprint density at radius 3 is 2.50 bits per heavy atom. The van der Waals surface area contributed by atoms with Crippen molar-refractivity contribution in [3.05, 3.63) is 59.5 Å². The van der Waals surface area contributed by atoms with Crippen LogP contribution in [0, 0.1) is 0 Å². The molecular weight excluding hydrogens is 336 g/mol. The monoisotopic (exact) mass is 356 g/mol. The number of hydrogen-bond donors (Lipinski definition) is 1. The first-order valence-corrected chi connectivity index (χ1v) is 8.31. The van der Waals surface area contributed by atoms with Crippen LogP contribution in [0.15, 0.2) is 47.1 Å². The molecule has 1 aliphatic heterocycles. The van der Waals surface area contributed by atoms with E-state index >= 15 is 0 Å². The molecule has 2 amide bonds. The van der Waals surface area contributed by atoms with Gasteiger partial charge in [0.15, 0.2) is 5.76 Å². The van der Waals surface area contributed by atoms with Gasteiger partial charge in [-0.25, -0.2) is 4.79 Å². The minimum atomic E-state index is -1.10. The predicted octanol–water partition coefficient (Wildman–Crippen LogP) is 1.78. The van der Waals surface area contributed by atoms with Gasteiger partial charge in [0.2, 0.25) is 5.91 Å².